The van der Waals surface area contributed by atoms with E-state index in [0.717, 1.165) is 29.5 Å². The summed E-state index contributed by atoms with van der Waals surface area (Å²) in [6, 6.07) is 11.8. The van der Waals surface area contributed by atoms with Crippen molar-refractivity contribution in [1.82, 2.24) is 0 Å². The minimum atomic E-state index is -0.521. The molecular formula is C17H14FNO2. The Labute approximate surface area is 122 Å². The Morgan fingerprint density at radius 1 is 1.29 bits per heavy atom. The molecule has 0 saturated carbocycles. The van der Waals surface area contributed by atoms with Crippen LogP contribution in [-0.4, -0.2) is 5.11 Å². The standard InChI is InChI=1S/C17H14FNO2/c18-16-5-1-11(7-13(16)9-19)10-21-14-3-4-15-12(8-14)2-6-17(15)20/h1,3-5,7-8,17,20H,2,6,10H2/t17-/m1/s1. The van der Waals surface area contributed by atoms with Crippen molar-refractivity contribution in [1.29, 1.82) is 5.26 Å². The van der Waals surface area contributed by atoms with Gasteiger partial charge in [-0.1, -0.05) is 12.1 Å². The molecule has 0 bridgehead atoms. The van der Waals surface area contributed by atoms with E-state index in [-0.39, 0.29) is 18.3 Å². The van der Waals surface area contributed by atoms with Crippen LogP contribution < -0.4 is 4.74 Å². The van der Waals surface area contributed by atoms with Gasteiger partial charge in [0.1, 0.15) is 24.2 Å². The van der Waals surface area contributed by atoms with Crippen LogP contribution in [0.1, 0.15) is 34.8 Å². The third-order valence-corrected chi connectivity index (χ3v) is 3.72. The Morgan fingerprint density at radius 3 is 2.95 bits per heavy atom. The van der Waals surface area contributed by atoms with Crippen LogP contribution >= 0.6 is 0 Å². The molecule has 0 radical (unpaired) electrons. The molecule has 0 heterocycles. The lowest BCUT2D eigenvalue weighted by atomic mass is 10.1. The van der Waals surface area contributed by atoms with E-state index in [1.165, 1.54) is 12.1 Å². The SMILES string of the molecule is N#Cc1cc(COc2ccc3c(c2)CC[C@H]3O)ccc1F. The van der Waals surface area contributed by atoms with E-state index in [2.05, 4.69) is 0 Å². The number of nitrogens with zero attached hydrogens (tertiary/aromatic N) is 1. The number of aliphatic hydroxyl groups excluding tert-OH is 1. The van der Waals surface area contributed by atoms with Crippen molar-refractivity contribution >= 4 is 0 Å². The second-order valence-corrected chi connectivity index (χ2v) is 5.13. The van der Waals surface area contributed by atoms with Crippen LogP contribution in [0.25, 0.3) is 0 Å². The Bertz CT molecular complexity index is 721. The Hall–Kier alpha value is -2.38. The fraction of sp³-hybridized carbons (Fsp3) is 0.235. The molecule has 0 unspecified atom stereocenters. The number of fused-ring (bicyclic) bond motifs is 1. The molecule has 1 atom stereocenters. The molecule has 1 N–H and O–H groups in total. The molecule has 0 fully saturated rings. The van der Waals surface area contributed by atoms with E-state index >= 15 is 0 Å². The highest BCUT2D eigenvalue weighted by molar-refractivity contribution is 5.40. The maximum Gasteiger partial charge on any atom is 0.140 e. The molecular weight excluding hydrogens is 269 g/mol. The van der Waals surface area contributed by atoms with Crippen molar-refractivity contribution in [3.8, 4) is 11.8 Å². The molecule has 0 spiro atoms. The highest BCUT2D eigenvalue weighted by Gasteiger charge is 2.20. The second kappa shape index (κ2) is 5.55. The van der Waals surface area contributed by atoms with Gasteiger partial charge in [-0.2, -0.15) is 5.26 Å². The van der Waals surface area contributed by atoms with Crippen molar-refractivity contribution in [2.75, 3.05) is 0 Å². The zero-order valence-corrected chi connectivity index (χ0v) is 11.3. The average molecular weight is 283 g/mol. The zero-order valence-electron chi connectivity index (χ0n) is 11.3. The summed E-state index contributed by atoms with van der Waals surface area (Å²) in [5.41, 5.74) is 2.84. The van der Waals surface area contributed by atoms with Gasteiger partial charge in [-0.05, 0) is 53.8 Å². The monoisotopic (exact) mass is 283 g/mol. The molecule has 1 aliphatic carbocycles. The van der Waals surface area contributed by atoms with Crippen molar-refractivity contribution in [3.63, 3.8) is 0 Å². The van der Waals surface area contributed by atoms with Gasteiger partial charge in [0, 0.05) is 0 Å². The topological polar surface area (TPSA) is 53.2 Å². The predicted molar refractivity (Wildman–Crippen MR) is 75.2 cm³/mol. The van der Waals surface area contributed by atoms with Crippen LogP contribution in [0.5, 0.6) is 5.75 Å². The minimum absolute atomic E-state index is 0.0215. The van der Waals surface area contributed by atoms with Crippen LogP contribution in [0, 0.1) is 17.1 Å². The summed E-state index contributed by atoms with van der Waals surface area (Å²) < 4.78 is 18.9. The summed E-state index contributed by atoms with van der Waals surface area (Å²) in [7, 11) is 0. The van der Waals surface area contributed by atoms with Crippen LogP contribution in [0.15, 0.2) is 36.4 Å². The van der Waals surface area contributed by atoms with Crippen molar-refractivity contribution in [3.05, 3.63) is 64.5 Å². The first-order valence-electron chi connectivity index (χ1n) is 6.79. The van der Waals surface area contributed by atoms with Gasteiger partial charge in [-0.3, -0.25) is 0 Å². The number of ether oxygens (including phenoxy) is 1. The number of hydrogen-bond acceptors (Lipinski definition) is 3. The lowest BCUT2D eigenvalue weighted by Gasteiger charge is -2.09. The first-order chi connectivity index (χ1) is 10.2. The summed E-state index contributed by atoms with van der Waals surface area (Å²) in [6.45, 7) is 0.274. The molecule has 3 nitrogen and oxygen atoms in total. The van der Waals surface area contributed by atoms with Gasteiger partial charge >= 0.3 is 0 Å². The van der Waals surface area contributed by atoms with Gasteiger partial charge in [0.05, 0.1) is 11.7 Å². The van der Waals surface area contributed by atoms with E-state index in [4.69, 9.17) is 10.00 Å². The van der Waals surface area contributed by atoms with E-state index in [0.29, 0.717) is 5.75 Å². The zero-order chi connectivity index (χ0) is 14.8. The largest absolute Gasteiger partial charge is 0.489 e. The molecule has 2 aromatic carbocycles. The maximum atomic E-state index is 13.2. The predicted octanol–water partition coefficient (Wildman–Crippen LogP) is 3.26. The molecule has 2 aromatic rings. The fourth-order valence-corrected chi connectivity index (χ4v) is 2.58. The summed E-state index contributed by atoms with van der Waals surface area (Å²) in [5, 5.41) is 18.6. The van der Waals surface area contributed by atoms with Gasteiger partial charge in [-0.15, -0.1) is 0 Å². The molecule has 3 rings (SSSR count). The summed E-state index contributed by atoms with van der Waals surface area (Å²) in [5.74, 6) is 0.193. The Morgan fingerprint density at radius 2 is 2.14 bits per heavy atom. The van der Waals surface area contributed by atoms with E-state index in [1.54, 1.807) is 6.07 Å². The Kier molecular flexibility index (Phi) is 3.59. The van der Waals surface area contributed by atoms with Gasteiger partial charge in [-0.25, -0.2) is 4.39 Å². The first kappa shape index (κ1) is 13.6. The first-order valence-corrected chi connectivity index (χ1v) is 6.79. The van der Waals surface area contributed by atoms with Gasteiger partial charge in [0.25, 0.3) is 0 Å². The highest BCUT2D eigenvalue weighted by Crippen LogP contribution is 2.33. The highest BCUT2D eigenvalue weighted by atomic mass is 19.1. The fourth-order valence-electron chi connectivity index (χ4n) is 2.58. The molecule has 0 aliphatic heterocycles. The number of rotatable bonds is 3. The number of halogens is 1. The second-order valence-electron chi connectivity index (χ2n) is 5.13. The summed E-state index contributed by atoms with van der Waals surface area (Å²) in [4.78, 5) is 0. The number of hydrogen-bond donors (Lipinski definition) is 1. The molecule has 1 aliphatic rings. The van der Waals surface area contributed by atoms with Crippen LogP contribution in [-0.2, 0) is 13.0 Å². The third-order valence-electron chi connectivity index (χ3n) is 3.72. The van der Waals surface area contributed by atoms with E-state index in [1.807, 2.05) is 24.3 Å². The van der Waals surface area contributed by atoms with Gasteiger partial charge in [0.2, 0.25) is 0 Å². The van der Waals surface area contributed by atoms with E-state index in [9.17, 15) is 9.50 Å². The molecule has 0 amide bonds. The van der Waals surface area contributed by atoms with Gasteiger partial charge < -0.3 is 9.84 Å². The average Bonchev–Trinajstić information content (AvgIpc) is 2.87. The lowest BCUT2D eigenvalue weighted by Crippen LogP contribution is -1.98. The summed E-state index contributed by atoms with van der Waals surface area (Å²) in [6.07, 6.45) is 1.23. The molecule has 106 valence electrons. The Balaban J connectivity index is 1.72. The normalized spacial score (nSPS) is 16.3. The van der Waals surface area contributed by atoms with Crippen molar-refractivity contribution < 1.29 is 14.2 Å². The third kappa shape index (κ3) is 2.74. The number of aliphatic hydroxyl groups is 1. The summed E-state index contributed by atoms with van der Waals surface area (Å²) >= 11 is 0. The number of benzene rings is 2. The molecule has 0 saturated heterocycles. The lowest BCUT2D eigenvalue weighted by molar-refractivity contribution is 0.180. The van der Waals surface area contributed by atoms with Crippen LogP contribution in [0.2, 0.25) is 0 Å². The van der Waals surface area contributed by atoms with E-state index < -0.39 is 5.82 Å². The van der Waals surface area contributed by atoms with Crippen LogP contribution in [0.3, 0.4) is 0 Å². The molecule has 0 aromatic heterocycles. The smallest absolute Gasteiger partial charge is 0.140 e. The quantitative estimate of drug-likeness (QED) is 0.940. The minimum Gasteiger partial charge on any atom is -0.489 e. The molecule has 4 heteroatoms. The van der Waals surface area contributed by atoms with Crippen LogP contribution in [0.4, 0.5) is 4.39 Å². The number of aryl methyl sites for hydroxylation is 1. The van der Waals surface area contributed by atoms with Crippen molar-refractivity contribution in [2.24, 2.45) is 0 Å². The van der Waals surface area contributed by atoms with Crippen molar-refractivity contribution in [2.45, 2.75) is 25.6 Å². The maximum absolute atomic E-state index is 13.2. The van der Waals surface area contributed by atoms with Gasteiger partial charge in [0.15, 0.2) is 0 Å². The number of nitriles is 1. The molecule has 21 heavy (non-hydrogen) atoms.